The van der Waals surface area contributed by atoms with Gasteiger partial charge in [-0.25, -0.2) is 9.97 Å². The Hall–Kier alpha value is -1.36. The van der Waals surface area contributed by atoms with Crippen LogP contribution in [0.4, 0.5) is 11.6 Å². The number of rotatable bonds is 4. The molecule has 1 aromatic heterocycles. The molecular formula is C13H22N4O. The third kappa shape index (κ3) is 2.56. The van der Waals surface area contributed by atoms with Gasteiger partial charge in [0, 0.05) is 19.2 Å². The second kappa shape index (κ2) is 5.52. The molecule has 2 rings (SSSR count). The molecule has 2 atom stereocenters. The van der Waals surface area contributed by atoms with Crippen molar-refractivity contribution in [1.82, 2.24) is 9.97 Å². The van der Waals surface area contributed by atoms with Crippen molar-refractivity contribution in [3.8, 4) is 0 Å². The number of aryl methyl sites for hydroxylation is 1. The Morgan fingerprint density at radius 1 is 1.50 bits per heavy atom. The third-order valence-electron chi connectivity index (χ3n) is 3.55. The van der Waals surface area contributed by atoms with E-state index in [4.69, 9.17) is 0 Å². The van der Waals surface area contributed by atoms with Gasteiger partial charge in [0.05, 0.1) is 12.6 Å². The zero-order valence-corrected chi connectivity index (χ0v) is 11.3. The van der Waals surface area contributed by atoms with Gasteiger partial charge in [0.2, 0.25) is 0 Å². The van der Waals surface area contributed by atoms with E-state index in [2.05, 4.69) is 27.1 Å². The first kappa shape index (κ1) is 13.1. The van der Waals surface area contributed by atoms with Gasteiger partial charge in [-0.1, -0.05) is 6.92 Å². The Labute approximate surface area is 108 Å². The molecule has 18 heavy (non-hydrogen) atoms. The lowest BCUT2D eigenvalue weighted by Crippen LogP contribution is -2.36. The van der Waals surface area contributed by atoms with Crippen molar-refractivity contribution in [2.75, 3.05) is 29.9 Å². The van der Waals surface area contributed by atoms with Crippen LogP contribution in [0.5, 0.6) is 0 Å². The normalized spacial score (nSPS) is 23.4. The molecule has 0 radical (unpaired) electrons. The fourth-order valence-electron chi connectivity index (χ4n) is 2.54. The minimum Gasteiger partial charge on any atom is -0.394 e. The van der Waals surface area contributed by atoms with Crippen molar-refractivity contribution in [2.24, 2.45) is 5.92 Å². The number of nitrogens with zero attached hydrogens (tertiary/aromatic N) is 3. The van der Waals surface area contributed by atoms with Crippen molar-refractivity contribution in [1.29, 1.82) is 0 Å². The summed E-state index contributed by atoms with van der Waals surface area (Å²) < 4.78 is 0. The van der Waals surface area contributed by atoms with Gasteiger partial charge in [0.25, 0.3) is 0 Å². The lowest BCUT2D eigenvalue weighted by atomic mass is 10.0. The number of nitrogens with one attached hydrogen (secondary N) is 1. The summed E-state index contributed by atoms with van der Waals surface area (Å²) in [5.41, 5.74) is 0. The molecule has 2 heterocycles. The molecule has 0 spiro atoms. The third-order valence-corrected chi connectivity index (χ3v) is 3.55. The monoisotopic (exact) mass is 250 g/mol. The quantitative estimate of drug-likeness (QED) is 0.846. The summed E-state index contributed by atoms with van der Waals surface area (Å²) in [6.07, 6.45) is 1.10. The Kier molecular flexibility index (Phi) is 4.01. The van der Waals surface area contributed by atoms with Gasteiger partial charge in [0.1, 0.15) is 17.5 Å². The number of hydrogen-bond acceptors (Lipinski definition) is 5. The Balaban J connectivity index is 2.27. The largest absolute Gasteiger partial charge is 0.394 e. The maximum atomic E-state index is 9.51. The second-order valence-corrected chi connectivity index (χ2v) is 4.90. The molecule has 1 aromatic rings. The van der Waals surface area contributed by atoms with E-state index in [1.54, 1.807) is 0 Å². The molecule has 0 bridgehead atoms. The molecule has 1 saturated heterocycles. The summed E-state index contributed by atoms with van der Waals surface area (Å²) >= 11 is 0. The van der Waals surface area contributed by atoms with E-state index in [1.165, 1.54) is 0 Å². The highest BCUT2D eigenvalue weighted by molar-refractivity contribution is 5.51. The Morgan fingerprint density at radius 2 is 2.28 bits per heavy atom. The average molecular weight is 250 g/mol. The molecule has 2 N–H and O–H groups in total. The fourth-order valence-corrected chi connectivity index (χ4v) is 2.54. The summed E-state index contributed by atoms with van der Waals surface area (Å²) in [5, 5.41) is 12.7. The molecule has 5 heteroatoms. The van der Waals surface area contributed by atoms with Crippen LogP contribution in [0.3, 0.4) is 0 Å². The van der Waals surface area contributed by atoms with Crippen LogP contribution >= 0.6 is 0 Å². The SMILES string of the molecule is CCNc1cc(N2CCC(C)C2CO)nc(C)n1. The molecule has 0 saturated carbocycles. The van der Waals surface area contributed by atoms with Gasteiger partial charge >= 0.3 is 0 Å². The highest BCUT2D eigenvalue weighted by Crippen LogP contribution is 2.29. The van der Waals surface area contributed by atoms with Crippen LogP contribution in [0.1, 0.15) is 26.1 Å². The maximum absolute atomic E-state index is 9.51. The van der Waals surface area contributed by atoms with Crippen LogP contribution < -0.4 is 10.2 Å². The highest BCUT2D eigenvalue weighted by atomic mass is 16.3. The molecule has 0 aliphatic carbocycles. The standard InChI is InChI=1S/C13H22N4O/c1-4-14-12-7-13(16-10(3)15-12)17-6-5-9(2)11(17)8-18/h7,9,11,18H,4-6,8H2,1-3H3,(H,14,15,16). The summed E-state index contributed by atoms with van der Waals surface area (Å²) in [4.78, 5) is 11.0. The highest BCUT2D eigenvalue weighted by Gasteiger charge is 2.31. The van der Waals surface area contributed by atoms with Gasteiger partial charge in [-0.2, -0.15) is 0 Å². The Bertz CT molecular complexity index is 410. The molecule has 1 aliphatic heterocycles. The van der Waals surface area contributed by atoms with Gasteiger partial charge in [-0.3, -0.25) is 0 Å². The number of anilines is 2. The van der Waals surface area contributed by atoms with Crippen LogP contribution in [0, 0.1) is 12.8 Å². The van der Waals surface area contributed by atoms with E-state index in [9.17, 15) is 5.11 Å². The summed E-state index contributed by atoms with van der Waals surface area (Å²) in [5.74, 6) is 3.05. The first-order valence-electron chi connectivity index (χ1n) is 6.62. The lowest BCUT2D eigenvalue weighted by molar-refractivity contribution is 0.244. The maximum Gasteiger partial charge on any atom is 0.134 e. The van der Waals surface area contributed by atoms with E-state index in [0.717, 1.165) is 37.0 Å². The van der Waals surface area contributed by atoms with Crippen LogP contribution in [0.2, 0.25) is 0 Å². The van der Waals surface area contributed by atoms with E-state index < -0.39 is 0 Å². The number of aromatic nitrogens is 2. The molecule has 5 nitrogen and oxygen atoms in total. The van der Waals surface area contributed by atoms with Crippen molar-refractivity contribution in [2.45, 2.75) is 33.2 Å². The summed E-state index contributed by atoms with van der Waals surface area (Å²) in [6.45, 7) is 8.11. The van der Waals surface area contributed by atoms with E-state index in [0.29, 0.717) is 5.92 Å². The molecule has 1 fully saturated rings. The van der Waals surface area contributed by atoms with E-state index in [1.807, 2.05) is 19.9 Å². The van der Waals surface area contributed by atoms with E-state index >= 15 is 0 Å². The minimum atomic E-state index is 0.175. The molecule has 0 amide bonds. The predicted octanol–water partition coefficient (Wildman–Crippen LogP) is 1.42. The smallest absolute Gasteiger partial charge is 0.134 e. The number of aliphatic hydroxyl groups is 1. The molecular weight excluding hydrogens is 228 g/mol. The van der Waals surface area contributed by atoms with Crippen molar-refractivity contribution < 1.29 is 5.11 Å². The minimum absolute atomic E-state index is 0.175. The van der Waals surface area contributed by atoms with Gasteiger partial charge in [-0.05, 0) is 26.2 Å². The summed E-state index contributed by atoms with van der Waals surface area (Å²) in [7, 11) is 0. The van der Waals surface area contributed by atoms with Crippen LogP contribution in [0.25, 0.3) is 0 Å². The number of aliphatic hydroxyl groups excluding tert-OH is 1. The summed E-state index contributed by atoms with van der Waals surface area (Å²) in [6, 6.07) is 2.14. The van der Waals surface area contributed by atoms with Crippen LogP contribution in [-0.2, 0) is 0 Å². The van der Waals surface area contributed by atoms with Crippen molar-refractivity contribution in [3.05, 3.63) is 11.9 Å². The zero-order chi connectivity index (χ0) is 13.1. The zero-order valence-electron chi connectivity index (χ0n) is 11.3. The second-order valence-electron chi connectivity index (χ2n) is 4.90. The number of hydrogen-bond donors (Lipinski definition) is 2. The van der Waals surface area contributed by atoms with Crippen molar-refractivity contribution >= 4 is 11.6 Å². The lowest BCUT2D eigenvalue weighted by Gasteiger charge is -2.26. The fraction of sp³-hybridized carbons (Fsp3) is 0.692. The van der Waals surface area contributed by atoms with E-state index in [-0.39, 0.29) is 12.6 Å². The first-order valence-corrected chi connectivity index (χ1v) is 6.62. The molecule has 2 unspecified atom stereocenters. The first-order chi connectivity index (χ1) is 8.65. The molecule has 0 aromatic carbocycles. The van der Waals surface area contributed by atoms with Gasteiger partial charge in [0.15, 0.2) is 0 Å². The van der Waals surface area contributed by atoms with Crippen molar-refractivity contribution in [3.63, 3.8) is 0 Å². The Morgan fingerprint density at radius 3 is 2.94 bits per heavy atom. The van der Waals surface area contributed by atoms with Crippen LogP contribution in [-0.4, -0.2) is 40.8 Å². The average Bonchev–Trinajstić information content (AvgIpc) is 2.70. The van der Waals surface area contributed by atoms with Gasteiger partial charge < -0.3 is 15.3 Å². The van der Waals surface area contributed by atoms with Gasteiger partial charge in [-0.15, -0.1) is 0 Å². The topological polar surface area (TPSA) is 61.3 Å². The molecule has 100 valence electrons. The molecule has 1 aliphatic rings. The van der Waals surface area contributed by atoms with Crippen LogP contribution in [0.15, 0.2) is 6.07 Å². The predicted molar refractivity (Wildman–Crippen MR) is 72.9 cm³/mol.